The minimum Gasteiger partial charge on any atom is -0.463 e. The zero-order valence-electron chi connectivity index (χ0n) is 16.3. The normalized spacial score (nSPS) is 20.4. The predicted octanol–water partition coefficient (Wildman–Crippen LogP) is 3.43. The third-order valence-electron chi connectivity index (χ3n) is 5.78. The minimum atomic E-state index is -0.0965. The van der Waals surface area contributed by atoms with E-state index in [1.807, 2.05) is 42.5 Å². The van der Waals surface area contributed by atoms with Crippen LogP contribution in [-0.4, -0.2) is 39.3 Å². The van der Waals surface area contributed by atoms with E-state index < -0.39 is 0 Å². The highest BCUT2D eigenvalue weighted by atomic mass is 16.3. The van der Waals surface area contributed by atoms with Crippen LogP contribution >= 0.6 is 0 Å². The van der Waals surface area contributed by atoms with Crippen LogP contribution in [0.4, 0.5) is 11.4 Å². The number of para-hydroxylation sites is 1. The molecule has 1 atom stereocenters. The number of hydrogen-bond acceptors (Lipinski definition) is 5. The molecule has 0 aliphatic carbocycles. The Morgan fingerprint density at radius 3 is 2.83 bits per heavy atom. The number of benzene rings is 1. The van der Waals surface area contributed by atoms with Gasteiger partial charge in [0.25, 0.3) is 5.91 Å². The Hall–Kier alpha value is -3.91. The lowest BCUT2D eigenvalue weighted by Crippen LogP contribution is -2.58. The molecule has 1 amide bonds. The van der Waals surface area contributed by atoms with Gasteiger partial charge in [-0.05, 0) is 24.3 Å². The molecule has 8 nitrogen and oxygen atoms in total. The fourth-order valence-corrected chi connectivity index (χ4v) is 4.43. The summed E-state index contributed by atoms with van der Waals surface area (Å²) < 4.78 is 6.17. The maximum absolute atomic E-state index is 13.6. The van der Waals surface area contributed by atoms with Crippen molar-refractivity contribution in [3.63, 3.8) is 0 Å². The molecule has 1 aromatic carbocycles. The molecule has 0 fully saturated rings. The Kier molecular flexibility index (Phi) is 3.42. The SMILES string of the molecule is C[N+]1(Cc2ccco2)CC=C2N(c3ccccc3)C(=O)c3cnc4[nH]ncc4c3N21. The number of carbonyl (C=O) groups excluding carboxylic acids is 1. The molecule has 4 aromatic rings. The summed E-state index contributed by atoms with van der Waals surface area (Å²) in [5.74, 6) is 1.62. The Bertz CT molecular complexity index is 1290. The van der Waals surface area contributed by atoms with E-state index in [4.69, 9.17) is 4.42 Å². The number of hydrogen-bond donors (Lipinski definition) is 1. The third-order valence-corrected chi connectivity index (χ3v) is 5.78. The summed E-state index contributed by atoms with van der Waals surface area (Å²) in [5, 5.41) is 10.1. The number of aromatic nitrogens is 3. The number of fused-ring (bicyclic) bond motifs is 5. The van der Waals surface area contributed by atoms with Crippen molar-refractivity contribution in [3.05, 3.63) is 84.3 Å². The van der Waals surface area contributed by atoms with Crippen molar-refractivity contribution in [1.29, 1.82) is 0 Å². The van der Waals surface area contributed by atoms with Gasteiger partial charge in [-0.2, -0.15) is 10.1 Å². The van der Waals surface area contributed by atoms with E-state index in [1.54, 1.807) is 23.6 Å². The van der Waals surface area contributed by atoms with Crippen LogP contribution in [0.15, 0.2) is 77.4 Å². The van der Waals surface area contributed by atoms with Gasteiger partial charge in [-0.25, -0.2) is 9.58 Å². The Balaban J connectivity index is 1.59. The molecule has 0 bridgehead atoms. The highest BCUT2D eigenvalue weighted by Gasteiger charge is 2.49. The van der Waals surface area contributed by atoms with Crippen molar-refractivity contribution in [2.24, 2.45) is 0 Å². The first-order chi connectivity index (χ1) is 14.7. The van der Waals surface area contributed by atoms with Crippen LogP contribution in [0.3, 0.4) is 0 Å². The van der Waals surface area contributed by atoms with E-state index in [0.717, 1.165) is 28.3 Å². The van der Waals surface area contributed by atoms with E-state index in [1.165, 1.54) is 0 Å². The summed E-state index contributed by atoms with van der Waals surface area (Å²) in [4.78, 5) is 19.8. The molecule has 2 aliphatic rings. The maximum atomic E-state index is 13.6. The number of nitrogens with zero attached hydrogens (tertiary/aromatic N) is 5. The van der Waals surface area contributed by atoms with Gasteiger partial charge in [0.05, 0.1) is 36.1 Å². The van der Waals surface area contributed by atoms with Crippen LogP contribution < -0.4 is 9.91 Å². The van der Waals surface area contributed by atoms with Gasteiger partial charge >= 0.3 is 0 Å². The van der Waals surface area contributed by atoms with Crippen LogP contribution in [-0.2, 0) is 6.54 Å². The van der Waals surface area contributed by atoms with Gasteiger partial charge in [-0.3, -0.25) is 14.8 Å². The van der Waals surface area contributed by atoms with E-state index in [9.17, 15) is 4.79 Å². The van der Waals surface area contributed by atoms with Gasteiger partial charge in [0.2, 0.25) is 0 Å². The van der Waals surface area contributed by atoms with Crippen LogP contribution in [0.1, 0.15) is 16.1 Å². The van der Waals surface area contributed by atoms with Crippen molar-refractivity contribution in [3.8, 4) is 0 Å². The molecule has 3 aromatic heterocycles. The zero-order valence-corrected chi connectivity index (χ0v) is 16.3. The fourth-order valence-electron chi connectivity index (χ4n) is 4.43. The average molecular weight is 399 g/mol. The number of anilines is 2. The van der Waals surface area contributed by atoms with Crippen molar-refractivity contribution >= 4 is 28.3 Å². The average Bonchev–Trinajstić information content (AvgIpc) is 3.50. The number of pyridine rings is 1. The molecular formula is C22H19N6O2+. The molecule has 0 spiro atoms. The van der Waals surface area contributed by atoms with Crippen molar-refractivity contribution in [1.82, 2.24) is 15.2 Å². The summed E-state index contributed by atoms with van der Waals surface area (Å²) in [6.07, 6.45) is 7.18. The Labute approximate surface area is 172 Å². The Morgan fingerprint density at radius 1 is 1.17 bits per heavy atom. The summed E-state index contributed by atoms with van der Waals surface area (Å²) in [7, 11) is 2.14. The highest BCUT2D eigenvalue weighted by molar-refractivity contribution is 6.17. The molecule has 8 heteroatoms. The van der Waals surface area contributed by atoms with Crippen molar-refractivity contribution < 1.29 is 13.8 Å². The monoisotopic (exact) mass is 399 g/mol. The first-order valence-electron chi connectivity index (χ1n) is 9.75. The molecule has 0 saturated heterocycles. The molecule has 0 radical (unpaired) electrons. The Morgan fingerprint density at radius 2 is 2.03 bits per heavy atom. The summed E-state index contributed by atoms with van der Waals surface area (Å²) in [6, 6.07) is 13.6. The van der Waals surface area contributed by atoms with Crippen LogP contribution in [0.25, 0.3) is 11.0 Å². The van der Waals surface area contributed by atoms with Crippen LogP contribution in [0.5, 0.6) is 0 Å². The summed E-state index contributed by atoms with van der Waals surface area (Å²) in [6.45, 7) is 1.36. The van der Waals surface area contributed by atoms with Crippen molar-refractivity contribution in [2.45, 2.75) is 6.54 Å². The highest BCUT2D eigenvalue weighted by Crippen LogP contribution is 2.45. The smallest absolute Gasteiger partial charge is 0.268 e. The first-order valence-corrected chi connectivity index (χ1v) is 9.75. The third kappa shape index (κ3) is 2.28. The predicted molar refractivity (Wildman–Crippen MR) is 111 cm³/mol. The number of aromatic amines is 1. The fraction of sp³-hybridized carbons (Fsp3) is 0.136. The lowest BCUT2D eigenvalue weighted by Gasteiger charge is -2.44. The van der Waals surface area contributed by atoms with Crippen LogP contribution in [0, 0.1) is 0 Å². The van der Waals surface area contributed by atoms with Crippen LogP contribution in [0.2, 0.25) is 0 Å². The molecule has 30 heavy (non-hydrogen) atoms. The topological polar surface area (TPSA) is 78.3 Å². The largest absolute Gasteiger partial charge is 0.463 e. The van der Waals surface area contributed by atoms with Crippen molar-refractivity contribution in [2.75, 3.05) is 23.5 Å². The molecule has 5 heterocycles. The minimum absolute atomic E-state index is 0.0965. The second kappa shape index (κ2) is 6.04. The second-order valence-electron chi connectivity index (χ2n) is 7.76. The number of H-pyrrole nitrogens is 1. The number of rotatable bonds is 3. The van der Waals surface area contributed by atoms with Gasteiger partial charge in [-0.1, -0.05) is 18.2 Å². The first kappa shape index (κ1) is 17.0. The maximum Gasteiger partial charge on any atom is 0.268 e. The van der Waals surface area contributed by atoms with Gasteiger partial charge in [0, 0.05) is 12.3 Å². The summed E-state index contributed by atoms with van der Waals surface area (Å²) in [5.41, 5.74) is 2.85. The lowest BCUT2D eigenvalue weighted by molar-refractivity contribution is -0.918. The van der Waals surface area contributed by atoms with Gasteiger partial charge in [0.1, 0.15) is 12.2 Å². The number of quaternary nitrogens is 1. The van der Waals surface area contributed by atoms with Gasteiger partial charge in [-0.15, -0.1) is 0 Å². The lowest BCUT2D eigenvalue weighted by atomic mass is 10.1. The van der Waals surface area contributed by atoms with E-state index in [0.29, 0.717) is 28.9 Å². The standard InChI is InChI=1S/C22H18N6O2/c1-28(14-16-8-5-11-30-16)10-9-19-26(15-6-3-2-4-7-15)22(29)18-12-23-21-17(13-24-25-21)20(18)27(19)28/h2-9,11-13H,10,14H2,1H3/p+1. The molecule has 6 rings (SSSR count). The van der Waals surface area contributed by atoms with E-state index in [2.05, 4.69) is 33.3 Å². The number of furan rings is 1. The zero-order chi connectivity index (χ0) is 20.3. The second-order valence-corrected chi connectivity index (χ2v) is 7.76. The molecule has 1 unspecified atom stereocenters. The molecular weight excluding hydrogens is 380 g/mol. The molecule has 148 valence electrons. The quantitative estimate of drug-likeness (QED) is 0.534. The summed E-state index contributed by atoms with van der Waals surface area (Å²) >= 11 is 0. The van der Waals surface area contributed by atoms with E-state index in [-0.39, 0.29) is 5.91 Å². The van der Waals surface area contributed by atoms with E-state index >= 15 is 0 Å². The molecule has 0 saturated carbocycles. The van der Waals surface area contributed by atoms with Gasteiger partial charge in [0.15, 0.2) is 23.8 Å². The molecule has 2 aliphatic heterocycles. The number of likely N-dealkylation sites (N-methyl/N-ethyl adjacent to an activating group) is 1. The van der Waals surface area contributed by atoms with Gasteiger partial charge < -0.3 is 4.42 Å². The number of nitrogens with one attached hydrogen (secondary N) is 1. The number of amides is 1. The molecule has 1 N–H and O–H groups in total. The number of carbonyl (C=O) groups is 1.